The molecule has 0 aliphatic rings. The molecule has 0 saturated carbocycles. The third-order valence-electron chi connectivity index (χ3n) is 0. The van der Waals surface area contributed by atoms with E-state index in [9.17, 15) is 0 Å². The van der Waals surface area contributed by atoms with Gasteiger partial charge in [-0.05, 0) is 0 Å². The summed E-state index contributed by atoms with van der Waals surface area (Å²) in [5.74, 6) is 0. The molecule has 0 aromatic rings. The third kappa shape index (κ3) is 20.3. The maximum atomic E-state index is 4.21. The molecule has 5 heavy (non-hydrogen) atoms. The first-order valence-electron chi connectivity index (χ1n) is 0.577. The van der Waals surface area contributed by atoms with Gasteiger partial charge < -0.3 is 30.3 Å². The van der Waals surface area contributed by atoms with Crippen molar-refractivity contribution in [3.8, 4) is 0 Å². The second kappa shape index (κ2) is 15.9. The van der Waals surface area contributed by atoms with Crippen LogP contribution in [0.3, 0.4) is 0 Å². The van der Waals surface area contributed by atoms with Gasteiger partial charge in [-0.25, -0.2) is 0 Å². The minimum atomic E-state index is 0. The molecule has 0 atom stereocenters. The molecule has 0 radical (unpaired) electrons. The molecule has 0 amide bonds. The Bertz CT molecular complexity index is 7.61. The quantitative estimate of drug-likeness (QED) is 0.233. The zero-order chi connectivity index (χ0) is 2.71. The van der Waals surface area contributed by atoms with Crippen molar-refractivity contribution in [2.24, 2.45) is 0 Å². The van der Waals surface area contributed by atoms with Crippen LogP contribution in [0.25, 0.3) is 0 Å². The predicted molar refractivity (Wildman–Crippen MR) is 19.6 cm³/mol. The normalized spacial score (nSPS) is 3.60. The molecule has 0 unspecified atom stereocenters. The molecule has 0 nitrogen and oxygen atoms in total. The van der Waals surface area contributed by atoms with Gasteiger partial charge in [0.15, 0.2) is 0 Å². The molecule has 0 aromatic heterocycles. The molecule has 0 aliphatic carbocycles. The first-order chi connectivity index (χ1) is 1.41. The fourth-order valence-corrected chi connectivity index (χ4v) is 0. The fraction of sp³-hybridized carbons (Fsp3) is 1.00. The minimum absolute atomic E-state index is 0. The summed E-state index contributed by atoms with van der Waals surface area (Å²) in [5, 5.41) is 0.417. The summed E-state index contributed by atoms with van der Waals surface area (Å²) in [7, 11) is 0. The Morgan fingerprint density at radius 2 is 1.00 bits per heavy atom. The Labute approximate surface area is 87.9 Å². The van der Waals surface area contributed by atoms with Gasteiger partial charge in [-0.1, -0.05) is 0 Å². The fourth-order valence-electron chi connectivity index (χ4n) is 0. The zero-order valence-corrected chi connectivity index (χ0v) is 9.16. The summed E-state index contributed by atoms with van der Waals surface area (Å²) in [5.41, 5.74) is 0. The molecule has 0 aliphatic heterocycles. The van der Waals surface area contributed by atoms with Gasteiger partial charge in [0.2, 0.25) is 0 Å². The van der Waals surface area contributed by atoms with Gasteiger partial charge in [-0.3, -0.25) is 0 Å². The van der Waals surface area contributed by atoms with Gasteiger partial charge in [0, 0.05) is 0 Å². The van der Waals surface area contributed by atoms with Crippen LogP contribution < -0.4 is 59.1 Å². The molecule has 0 bridgehead atoms. The van der Waals surface area contributed by atoms with Crippen LogP contribution in [0, 0.1) is 0 Å². The Hall–Kier alpha value is 2.70. The van der Waals surface area contributed by atoms with Gasteiger partial charge in [-0.2, -0.15) is 0 Å². The number of hydrogen-bond donors (Lipinski definition) is 0. The number of hydrogen-bond acceptors (Lipinski definition) is 2. The molecule has 0 N–H and O–H groups in total. The molecule has 0 fully saturated rings. The van der Waals surface area contributed by atoms with Crippen LogP contribution in [-0.2, 0) is 25.3 Å². The van der Waals surface area contributed by atoms with Crippen molar-refractivity contribution in [3.63, 3.8) is 0 Å². The molecule has 0 rings (SSSR count). The molecule has 0 spiro atoms. The van der Waals surface area contributed by atoms with Crippen molar-refractivity contribution in [3.05, 3.63) is 0 Å². The van der Waals surface area contributed by atoms with Crippen molar-refractivity contribution in [1.29, 1.82) is 0 Å². The van der Waals surface area contributed by atoms with E-state index in [0.29, 0.717) is 5.08 Å². The Morgan fingerprint density at radius 1 is 1.00 bits per heavy atom. The van der Waals surface area contributed by atoms with Crippen LogP contribution in [-0.4, -0.2) is 5.08 Å². The molecule has 0 saturated heterocycles. The Morgan fingerprint density at radius 3 is 1.00 bits per heavy atom. The summed E-state index contributed by atoms with van der Waals surface area (Å²) in [4.78, 5) is 0. The smallest absolute Gasteiger partial charge is 0.818 e. The maximum Gasteiger partial charge on any atom is 1.00 e. The molecule has 20 valence electrons. The van der Waals surface area contributed by atoms with Crippen LogP contribution in [0.15, 0.2) is 0 Å². The summed E-state index contributed by atoms with van der Waals surface area (Å²) in [6, 6.07) is 0. The van der Waals surface area contributed by atoms with Gasteiger partial charge in [0.1, 0.15) is 0 Å². The van der Waals surface area contributed by atoms with E-state index < -0.39 is 0 Å². The largest absolute Gasteiger partial charge is 1.00 e. The van der Waals surface area contributed by atoms with Crippen LogP contribution in [0.5, 0.6) is 0 Å². The van der Waals surface area contributed by atoms with E-state index in [2.05, 4.69) is 25.3 Å². The molecule has 4 heteroatoms. The second-order valence-electron chi connectivity index (χ2n) is 0.118. The zero-order valence-electron chi connectivity index (χ0n) is 3.52. The van der Waals surface area contributed by atoms with Crippen LogP contribution in [0.4, 0.5) is 0 Å². The summed E-state index contributed by atoms with van der Waals surface area (Å²) < 4.78 is 0. The van der Waals surface area contributed by atoms with E-state index >= 15 is 0 Å². The SMILES string of the molecule is [Na+].[Na+].[S-]C[S-]. The minimum Gasteiger partial charge on any atom is -0.818 e. The van der Waals surface area contributed by atoms with Crippen molar-refractivity contribution >= 4 is 25.3 Å². The average Bonchev–Trinajstić information content (AvgIpc) is 0.918. The average molecular weight is 124 g/mol. The van der Waals surface area contributed by atoms with Gasteiger partial charge in [-0.15, -0.1) is 0 Å². The van der Waals surface area contributed by atoms with Crippen molar-refractivity contribution in [2.75, 3.05) is 5.08 Å². The molecular weight excluding hydrogens is 122 g/mol. The summed E-state index contributed by atoms with van der Waals surface area (Å²) in [6.07, 6.45) is 0. The van der Waals surface area contributed by atoms with Crippen LogP contribution in [0.1, 0.15) is 0 Å². The first kappa shape index (κ1) is 15.6. The van der Waals surface area contributed by atoms with E-state index in [-0.39, 0.29) is 59.1 Å². The van der Waals surface area contributed by atoms with Crippen LogP contribution in [0.2, 0.25) is 0 Å². The van der Waals surface area contributed by atoms with E-state index in [1.165, 1.54) is 0 Å². The number of rotatable bonds is 0. The van der Waals surface area contributed by atoms with Crippen LogP contribution >= 0.6 is 0 Å². The first-order valence-corrected chi connectivity index (χ1v) is 1.73. The predicted octanol–water partition coefficient (Wildman–Crippen LogP) is -5.95. The topological polar surface area (TPSA) is 0 Å². The second-order valence-corrected chi connectivity index (χ2v) is 1.06. The van der Waals surface area contributed by atoms with Crippen molar-refractivity contribution in [1.82, 2.24) is 0 Å². The van der Waals surface area contributed by atoms with E-state index in [4.69, 9.17) is 0 Å². The van der Waals surface area contributed by atoms with Gasteiger partial charge >= 0.3 is 59.1 Å². The standard InChI is InChI=1S/CH4S2.2Na/c2-1-3;;/h2-3H,1H2;;/q;2*+1/p-2. The Balaban J connectivity index is -0.0000000200. The van der Waals surface area contributed by atoms with Crippen molar-refractivity contribution < 1.29 is 59.1 Å². The van der Waals surface area contributed by atoms with Crippen molar-refractivity contribution in [2.45, 2.75) is 0 Å². The van der Waals surface area contributed by atoms with Gasteiger partial charge in [0.25, 0.3) is 0 Å². The maximum absolute atomic E-state index is 4.21. The molecular formula is CH2Na2S2. The van der Waals surface area contributed by atoms with E-state index in [0.717, 1.165) is 0 Å². The third-order valence-corrected chi connectivity index (χ3v) is 0. The van der Waals surface area contributed by atoms with E-state index in [1.807, 2.05) is 0 Å². The Kier molecular flexibility index (Phi) is 49.8. The monoisotopic (exact) mass is 124 g/mol. The summed E-state index contributed by atoms with van der Waals surface area (Å²) >= 11 is 8.42. The molecule has 0 aromatic carbocycles. The van der Waals surface area contributed by atoms with Gasteiger partial charge in [0.05, 0.1) is 0 Å². The molecule has 0 heterocycles. The van der Waals surface area contributed by atoms with E-state index in [1.54, 1.807) is 0 Å². The summed E-state index contributed by atoms with van der Waals surface area (Å²) in [6.45, 7) is 0.